The van der Waals surface area contributed by atoms with E-state index in [1.165, 1.54) is 0 Å². The second-order valence-electron chi connectivity index (χ2n) is 5.00. The lowest BCUT2D eigenvalue weighted by molar-refractivity contribution is -0.131. The molecular weight excluding hydrogens is 242 g/mol. The van der Waals surface area contributed by atoms with Gasteiger partial charge in [0, 0.05) is 12.6 Å². The first-order valence-corrected chi connectivity index (χ1v) is 6.73. The number of benzene rings is 1. The first kappa shape index (κ1) is 13.6. The molecule has 2 rings (SSSR count). The van der Waals surface area contributed by atoms with Crippen LogP contribution >= 0.6 is 0 Å². The molecule has 0 spiro atoms. The molecule has 0 heterocycles. The van der Waals surface area contributed by atoms with Gasteiger partial charge in [0.15, 0.2) is 0 Å². The van der Waals surface area contributed by atoms with Crippen LogP contribution in [-0.2, 0) is 11.2 Å². The van der Waals surface area contributed by atoms with Gasteiger partial charge >= 0.3 is 5.97 Å². The number of carboxylic acid groups (broad SMARTS) is 1. The topological polar surface area (TPSA) is 57.6 Å². The molecule has 0 unspecified atom stereocenters. The molecule has 4 nitrogen and oxygen atoms in total. The Balaban J connectivity index is 1.99. The van der Waals surface area contributed by atoms with Gasteiger partial charge in [-0.1, -0.05) is 19.1 Å². The Bertz CT molecular complexity index is 463. The molecule has 1 saturated carbocycles. The van der Waals surface area contributed by atoms with E-state index in [9.17, 15) is 9.59 Å². The average Bonchev–Trinajstić information content (AvgIpc) is 3.20. The fourth-order valence-electron chi connectivity index (χ4n) is 2.18. The summed E-state index contributed by atoms with van der Waals surface area (Å²) in [5.41, 5.74) is 1.13. The van der Waals surface area contributed by atoms with Crippen molar-refractivity contribution in [3.63, 3.8) is 0 Å². The van der Waals surface area contributed by atoms with Crippen molar-refractivity contribution >= 4 is 11.9 Å². The number of amides is 1. The number of rotatable bonds is 6. The van der Waals surface area contributed by atoms with Crippen molar-refractivity contribution in [2.75, 3.05) is 6.54 Å². The van der Waals surface area contributed by atoms with E-state index in [1.807, 2.05) is 4.90 Å². The number of carbonyl (C=O) groups excluding carboxylic acids is 1. The number of carboxylic acids is 1. The number of aromatic carboxylic acids is 1. The van der Waals surface area contributed by atoms with Crippen molar-refractivity contribution in [3.05, 3.63) is 35.4 Å². The fraction of sp³-hybridized carbons (Fsp3) is 0.467. The van der Waals surface area contributed by atoms with E-state index in [1.54, 1.807) is 24.3 Å². The van der Waals surface area contributed by atoms with E-state index in [4.69, 9.17) is 5.11 Å². The Kier molecular flexibility index (Phi) is 4.20. The third kappa shape index (κ3) is 3.56. The number of carbonyl (C=O) groups is 2. The predicted octanol–water partition coefficient (Wildman–Crippen LogP) is 2.33. The first-order chi connectivity index (χ1) is 9.11. The molecule has 0 radical (unpaired) electrons. The molecule has 1 amide bonds. The van der Waals surface area contributed by atoms with Gasteiger partial charge in [0.25, 0.3) is 0 Å². The van der Waals surface area contributed by atoms with Crippen molar-refractivity contribution in [2.45, 2.75) is 38.6 Å². The van der Waals surface area contributed by atoms with Crippen LogP contribution < -0.4 is 0 Å². The summed E-state index contributed by atoms with van der Waals surface area (Å²) in [5.74, 6) is -0.795. The Morgan fingerprint density at radius 3 is 2.37 bits per heavy atom. The second kappa shape index (κ2) is 5.87. The molecule has 0 saturated heterocycles. The molecule has 1 aliphatic rings. The maximum Gasteiger partial charge on any atom is 0.335 e. The maximum atomic E-state index is 12.2. The summed E-state index contributed by atoms with van der Waals surface area (Å²) in [5, 5.41) is 8.82. The Labute approximate surface area is 113 Å². The summed E-state index contributed by atoms with van der Waals surface area (Å²) >= 11 is 0. The van der Waals surface area contributed by atoms with E-state index < -0.39 is 5.97 Å². The Hall–Kier alpha value is -1.84. The lowest BCUT2D eigenvalue weighted by Gasteiger charge is -2.21. The SMILES string of the molecule is CCCN(C(=O)Cc1ccc(C(=O)O)cc1)C1CC1. The molecule has 1 N–H and O–H groups in total. The van der Waals surface area contributed by atoms with Gasteiger partial charge in [-0.05, 0) is 37.0 Å². The second-order valence-corrected chi connectivity index (χ2v) is 5.00. The zero-order chi connectivity index (χ0) is 13.8. The summed E-state index contributed by atoms with van der Waals surface area (Å²) in [6.45, 7) is 2.89. The van der Waals surface area contributed by atoms with Crippen LogP contribution in [-0.4, -0.2) is 34.5 Å². The average molecular weight is 261 g/mol. The van der Waals surface area contributed by atoms with Crippen LogP contribution in [0.25, 0.3) is 0 Å². The number of hydrogen-bond acceptors (Lipinski definition) is 2. The van der Waals surface area contributed by atoms with Crippen LogP contribution in [0.5, 0.6) is 0 Å². The highest BCUT2D eigenvalue weighted by Gasteiger charge is 2.31. The van der Waals surface area contributed by atoms with Crippen LogP contribution in [0.3, 0.4) is 0 Å². The Morgan fingerprint density at radius 2 is 1.89 bits per heavy atom. The standard InChI is InChI=1S/C15H19NO3/c1-2-9-16(13-7-8-13)14(17)10-11-3-5-12(6-4-11)15(18)19/h3-6,13H,2,7-10H2,1H3,(H,18,19). The fourth-order valence-corrected chi connectivity index (χ4v) is 2.18. The summed E-state index contributed by atoms with van der Waals surface area (Å²) in [4.78, 5) is 24.9. The van der Waals surface area contributed by atoms with Crippen LogP contribution in [0.15, 0.2) is 24.3 Å². The minimum absolute atomic E-state index is 0.146. The summed E-state index contributed by atoms with van der Waals surface area (Å²) in [6, 6.07) is 6.97. The molecule has 0 bridgehead atoms. The van der Waals surface area contributed by atoms with Crippen LogP contribution in [0.2, 0.25) is 0 Å². The predicted molar refractivity (Wildman–Crippen MR) is 72.1 cm³/mol. The highest BCUT2D eigenvalue weighted by molar-refractivity contribution is 5.87. The summed E-state index contributed by atoms with van der Waals surface area (Å²) < 4.78 is 0. The van der Waals surface area contributed by atoms with Crippen molar-refractivity contribution < 1.29 is 14.7 Å². The highest BCUT2D eigenvalue weighted by atomic mass is 16.4. The molecule has 19 heavy (non-hydrogen) atoms. The quantitative estimate of drug-likeness (QED) is 0.855. The van der Waals surface area contributed by atoms with E-state index in [-0.39, 0.29) is 11.5 Å². The molecule has 1 aromatic carbocycles. The molecule has 0 aromatic heterocycles. The van der Waals surface area contributed by atoms with Crippen LogP contribution in [0.1, 0.15) is 42.1 Å². The van der Waals surface area contributed by atoms with Crippen molar-refractivity contribution in [1.29, 1.82) is 0 Å². The molecule has 4 heteroatoms. The zero-order valence-electron chi connectivity index (χ0n) is 11.1. The molecular formula is C15H19NO3. The molecule has 0 aliphatic heterocycles. The highest BCUT2D eigenvalue weighted by Crippen LogP contribution is 2.27. The summed E-state index contributed by atoms with van der Waals surface area (Å²) in [6.07, 6.45) is 3.56. The lowest BCUT2D eigenvalue weighted by atomic mass is 10.1. The minimum atomic E-state index is -0.941. The van der Waals surface area contributed by atoms with E-state index in [0.717, 1.165) is 31.4 Å². The van der Waals surface area contributed by atoms with E-state index >= 15 is 0 Å². The molecule has 1 aliphatic carbocycles. The number of nitrogens with zero attached hydrogens (tertiary/aromatic N) is 1. The van der Waals surface area contributed by atoms with Gasteiger partial charge < -0.3 is 10.0 Å². The van der Waals surface area contributed by atoms with Crippen LogP contribution in [0, 0.1) is 0 Å². The zero-order valence-corrected chi connectivity index (χ0v) is 11.1. The van der Waals surface area contributed by atoms with Gasteiger partial charge in [0.05, 0.1) is 12.0 Å². The minimum Gasteiger partial charge on any atom is -0.478 e. The third-order valence-corrected chi connectivity index (χ3v) is 3.33. The van der Waals surface area contributed by atoms with Crippen molar-refractivity contribution in [3.8, 4) is 0 Å². The van der Waals surface area contributed by atoms with E-state index in [0.29, 0.717) is 12.5 Å². The summed E-state index contributed by atoms with van der Waals surface area (Å²) in [7, 11) is 0. The lowest BCUT2D eigenvalue weighted by Crippen LogP contribution is -2.34. The van der Waals surface area contributed by atoms with Gasteiger partial charge in [-0.2, -0.15) is 0 Å². The molecule has 0 atom stereocenters. The maximum absolute atomic E-state index is 12.2. The first-order valence-electron chi connectivity index (χ1n) is 6.73. The molecule has 1 aromatic rings. The molecule has 1 fully saturated rings. The van der Waals surface area contributed by atoms with Crippen molar-refractivity contribution in [2.24, 2.45) is 0 Å². The largest absolute Gasteiger partial charge is 0.478 e. The van der Waals surface area contributed by atoms with Gasteiger partial charge in [-0.15, -0.1) is 0 Å². The monoisotopic (exact) mass is 261 g/mol. The Morgan fingerprint density at radius 1 is 1.26 bits per heavy atom. The van der Waals surface area contributed by atoms with Gasteiger partial charge in [0.2, 0.25) is 5.91 Å². The number of hydrogen-bond donors (Lipinski definition) is 1. The molecule has 102 valence electrons. The van der Waals surface area contributed by atoms with Gasteiger partial charge in [-0.25, -0.2) is 4.79 Å². The van der Waals surface area contributed by atoms with Crippen LogP contribution in [0.4, 0.5) is 0 Å². The normalized spacial score (nSPS) is 14.2. The van der Waals surface area contributed by atoms with E-state index in [2.05, 4.69) is 6.92 Å². The smallest absolute Gasteiger partial charge is 0.335 e. The van der Waals surface area contributed by atoms with Crippen molar-refractivity contribution in [1.82, 2.24) is 4.90 Å². The third-order valence-electron chi connectivity index (χ3n) is 3.33. The van der Waals surface area contributed by atoms with Gasteiger partial charge in [-0.3, -0.25) is 4.79 Å². The van der Waals surface area contributed by atoms with Gasteiger partial charge in [0.1, 0.15) is 0 Å².